The molecule has 0 bridgehead atoms. The van der Waals surface area contributed by atoms with Crippen molar-refractivity contribution < 1.29 is 24.6 Å². The zero-order valence-corrected chi connectivity index (χ0v) is 24.5. The van der Waals surface area contributed by atoms with Crippen molar-refractivity contribution in [1.82, 2.24) is 4.90 Å². The maximum absolute atomic E-state index is 13.3. The van der Waals surface area contributed by atoms with Crippen molar-refractivity contribution in [3.05, 3.63) is 0 Å². The van der Waals surface area contributed by atoms with Gasteiger partial charge < -0.3 is 15.1 Å². The molecule has 6 nitrogen and oxygen atoms in total. The summed E-state index contributed by atoms with van der Waals surface area (Å²) < 4.78 is 0. The molecule has 1 atom stereocenters. The van der Waals surface area contributed by atoms with Crippen molar-refractivity contribution >= 4 is 17.8 Å². The number of aliphatic carboxylic acids is 2. The Hall–Kier alpha value is -1.59. The smallest absolute Gasteiger partial charge is 0.329 e. The predicted octanol–water partition coefficient (Wildman–Crippen LogP) is 8.76. The molecular weight excluding hydrogens is 466 g/mol. The standard InChI is InChI=1S/C31H59NO5/c1-4-7-10-11-12-13-14-15-16-17-18-19-20-21-22-23-28(33)32(27-9-6-3)31(30(36)37,25-8-5-2)26-24-29(34)35/h4-27H2,1-3H3,(H,34,35)(H,36,37)/t31-/m0/s1. The zero-order chi connectivity index (χ0) is 27.8. The number of carboxylic acid groups (broad SMARTS) is 2. The average molecular weight is 526 g/mol. The Balaban J connectivity index is 4.46. The molecule has 0 aliphatic carbocycles. The van der Waals surface area contributed by atoms with Gasteiger partial charge in [0.15, 0.2) is 0 Å². The van der Waals surface area contributed by atoms with Gasteiger partial charge in [0.1, 0.15) is 5.54 Å². The van der Waals surface area contributed by atoms with Crippen molar-refractivity contribution in [2.45, 2.75) is 174 Å². The van der Waals surface area contributed by atoms with Crippen molar-refractivity contribution in [2.24, 2.45) is 0 Å². The van der Waals surface area contributed by atoms with Crippen LogP contribution in [0.2, 0.25) is 0 Å². The summed E-state index contributed by atoms with van der Waals surface area (Å²) in [4.78, 5) is 38.5. The molecule has 0 spiro atoms. The first-order chi connectivity index (χ1) is 17.9. The number of carbonyl (C=O) groups excluding carboxylic acids is 1. The maximum atomic E-state index is 13.3. The predicted molar refractivity (Wildman–Crippen MR) is 153 cm³/mol. The van der Waals surface area contributed by atoms with Crippen LogP contribution in [0.3, 0.4) is 0 Å². The number of nitrogens with zero attached hydrogens (tertiary/aromatic N) is 1. The second-order valence-electron chi connectivity index (χ2n) is 10.9. The van der Waals surface area contributed by atoms with Gasteiger partial charge in [0.2, 0.25) is 5.91 Å². The molecule has 0 rings (SSSR count). The van der Waals surface area contributed by atoms with Crippen LogP contribution in [0.5, 0.6) is 0 Å². The fraction of sp³-hybridized carbons (Fsp3) is 0.903. The highest BCUT2D eigenvalue weighted by Gasteiger charge is 2.45. The van der Waals surface area contributed by atoms with E-state index in [0.29, 0.717) is 25.8 Å². The zero-order valence-electron chi connectivity index (χ0n) is 24.5. The molecule has 0 aliphatic rings. The molecule has 37 heavy (non-hydrogen) atoms. The first-order valence-electron chi connectivity index (χ1n) is 15.6. The van der Waals surface area contributed by atoms with Crippen LogP contribution in [0, 0.1) is 0 Å². The highest BCUT2D eigenvalue weighted by molar-refractivity contribution is 5.87. The number of rotatable bonds is 27. The van der Waals surface area contributed by atoms with Gasteiger partial charge in [0, 0.05) is 19.4 Å². The Bertz CT molecular complexity index is 594. The lowest BCUT2D eigenvalue weighted by Gasteiger charge is -2.41. The van der Waals surface area contributed by atoms with E-state index in [9.17, 15) is 24.6 Å². The van der Waals surface area contributed by atoms with Crippen molar-refractivity contribution in [2.75, 3.05) is 6.54 Å². The largest absolute Gasteiger partial charge is 0.481 e. The van der Waals surface area contributed by atoms with Gasteiger partial charge >= 0.3 is 11.9 Å². The van der Waals surface area contributed by atoms with Gasteiger partial charge in [0.25, 0.3) is 0 Å². The minimum absolute atomic E-state index is 0.0357. The summed E-state index contributed by atoms with van der Waals surface area (Å²) in [6.45, 7) is 6.64. The lowest BCUT2D eigenvalue weighted by atomic mass is 9.84. The van der Waals surface area contributed by atoms with Crippen molar-refractivity contribution in [3.63, 3.8) is 0 Å². The summed E-state index contributed by atoms with van der Waals surface area (Å²) in [5.74, 6) is -2.22. The third-order valence-corrected chi connectivity index (χ3v) is 7.64. The van der Waals surface area contributed by atoms with E-state index in [4.69, 9.17) is 0 Å². The number of hydrogen-bond acceptors (Lipinski definition) is 3. The molecule has 6 heteroatoms. The van der Waals surface area contributed by atoms with E-state index in [2.05, 4.69) is 6.92 Å². The molecular formula is C31H59NO5. The van der Waals surface area contributed by atoms with Crippen LogP contribution >= 0.6 is 0 Å². The summed E-state index contributed by atoms with van der Waals surface area (Å²) in [7, 11) is 0. The third-order valence-electron chi connectivity index (χ3n) is 7.64. The number of hydrogen-bond donors (Lipinski definition) is 2. The Morgan fingerprint density at radius 3 is 1.38 bits per heavy atom. The maximum Gasteiger partial charge on any atom is 0.329 e. The van der Waals surface area contributed by atoms with Gasteiger partial charge in [-0.2, -0.15) is 0 Å². The Labute approximate surface area is 228 Å². The highest BCUT2D eigenvalue weighted by atomic mass is 16.4. The molecule has 0 fully saturated rings. The molecule has 2 N–H and O–H groups in total. The molecule has 0 aromatic carbocycles. The molecule has 0 aromatic rings. The molecule has 0 saturated carbocycles. The lowest BCUT2D eigenvalue weighted by molar-refractivity contribution is -0.162. The van der Waals surface area contributed by atoms with E-state index in [-0.39, 0.29) is 18.7 Å². The van der Waals surface area contributed by atoms with Crippen LogP contribution < -0.4 is 0 Å². The van der Waals surface area contributed by atoms with Crippen molar-refractivity contribution in [3.8, 4) is 0 Å². The number of amides is 1. The van der Waals surface area contributed by atoms with E-state index in [0.717, 1.165) is 38.5 Å². The highest BCUT2D eigenvalue weighted by Crippen LogP contribution is 2.31. The van der Waals surface area contributed by atoms with Crippen LogP contribution in [0.25, 0.3) is 0 Å². The van der Waals surface area contributed by atoms with Crippen LogP contribution in [0.1, 0.15) is 168 Å². The van der Waals surface area contributed by atoms with Gasteiger partial charge in [-0.15, -0.1) is 0 Å². The fourth-order valence-corrected chi connectivity index (χ4v) is 5.18. The van der Waals surface area contributed by atoms with Gasteiger partial charge in [-0.3, -0.25) is 9.59 Å². The van der Waals surface area contributed by atoms with Crippen LogP contribution in [-0.4, -0.2) is 45.0 Å². The first-order valence-corrected chi connectivity index (χ1v) is 15.6. The van der Waals surface area contributed by atoms with Gasteiger partial charge in [-0.05, 0) is 25.7 Å². The molecule has 218 valence electrons. The first kappa shape index (κ1) is 35.4. The normalized spacial score (nSPS) is 12.8. The summed E-state index contributed by atoms with van der Waals surface area (Å²) in [5.41, 5.74) is -1.42. The van der Waals surface area contributed by atoms with Gasteiger partial charge in [0.05, 0.1) is 0 Å². The van der Waals surface area contributed by atoms with Crippen LogP contribution in [0.4, 0.5) is 0 Å². The number of carbonyl (C=O) groups is 3. The SMILES string of the molecule is CCCCCCCCCCCCCCCCCC(=O)N(CCCC)[C@@](CCCC)(CCC(=O)O)C(=O)O. The minimum atomic E-state index is -1.42. The summed E-state index contributed by atoms with van der Waals surface area (Å²) in [6.07, 6.45) is 22.3. The second kappa shape index (κ2) is 23.5. The second-order valence-corrected chi connectivity index (χ2v) is 10.9. The number of unbranched alkanes of at least 4 members (excludes halogenated alkanes) is 16. The fourth-order valence-electron chi connectivity index (χ4n) is 5.18. The monoisotopic (exact) mass is 525 g/mol. The minimum Gasteiger partial charge on any atom is -0.481 e. The van der Waals surface area contributed by atoms with E-state index in [1.165, 1.54) is 81.9 Å². The molecule has 0 aliphatic heterocycles. The Kier molecular flexibility index (Phi) is 22.5. The Morgan fingerprint density at radius 2 is 0.973 bits per heavy atom. The van der Waals surface area contributed by atoms with E-state index >= 15 is 0 Å². The van der Waals surface area contributed by atoms with E-state index < -0.39 is 17.5 Å². The van der Waals surface area contributed by atoms with Crippen molar-refractivity contribution in [1.29, 1.82) is 0 Å². The quantitative estimate of drug-likeness (QED) is 0.105. The molecule has 0 unspecified atom stereocenters. The average Bonchev–Trinajstić information content (AvgIpc) is 2.87. The number of carboxylic acids is 2. The van der Waals surface area contributed by atoms with Crippen LogP contribution in [0.15, 0.2) is 0 Å². The van der Waals surface area contributed by atoms with Gasteiger partial charge in [-0.25, -0.2) is 4.79 Å². The molecule has 1 amide bonds. The molecule has 0 saturated heterocycles. The molecule has 0 heterocycles. The van der Waals surface area contributed by atoms with Crippen LogP contribution in [-0.2, 0) is 14.4 Å². The summed E-state index contributed by atoms with van der Waals surface area (Å²) >= 11 is 0. The third kappa shape index (κ3) is 16.8. The molecule has 0 aromatic heterocycles. The lowest BCUT2D eigenvalue weighted by Crippen LogP contribution is -2.57. The summed E-state index contributed by atoms with van der Waals surface area (Å²) in [6, 6.07) is 0. The summed E-state index contributed by atoms with van der Waals surface area (Å²) in [5, 5.41) is 19.4. The topological polar surface area (TPSA) is 94.9 Å². The van der Waals surface area contributed by atoms with E-state index in [1.54, 1.807) is 0 Å². The van der Waals surface area contributed by atoms with E-state index in [1.807, 2.05) is 13.8 Å². The Morgan fingerprint density at radius 1 is 0.541 bits per heavy atom. The van der Waals surface area contributed by atoms with Gasteiger partial charge in [-0.1, -0.05) is 130 Å². The molecule has 0 radical (unpaired) electrons.